The summed E-state index contributed by atoms with van der Waals surface area (Å²) >= 11 is 0. The van der Waals surface area contributed by atoms with Gasteiger partial charge in [-0.15, -0.1) is 0 Å². The predicted octanol–water partition coefficient (Wildman–Crippen LogP) is 0.753. The third-order valence-electron chi connectivity index (χ3n) is 7.20. The van der Waals surface area contributed by atoms with Gasteiger partial charge < -0.3 is 15.1 Å². The first-order valence-electron chi connectivity index (χ1n) is 11.4. The second-order valence-electron chi connectivity index (χ2n) is 9.18. The SMILES string of the molecule is CN1CCN(C(=O)CC[C@H]2CNC(=O)[C@@H]3[C@@H](CCN3Cc3ccc(F)cc3)N2C)CC1. The molecule has 3 aliphatic rings. The minimum absolute atomic E-state index is 0.0596. The number of carbonyl (C=O) groups is 2. The Morgan fingerprint density at radius 3 is 2.52 bits per heavy atom. The highest BCUT2D eigenvalue weighted by molar-refractivity contribution is 5.83. The van der Waals surface area contributed by atoms with E-state index in [0.717, 1.165) is 51.1 Å². The van der Waals surface area contributed by atoms with E-state index in [4.69, 9.17) is 0 Å². The summed E-state index contributed by atoms with van der Waals surface area (Å²) in [5, 5.41) is 3.12. The summed E-state index contributed by atoms with van der Waals surface area (Å²) in [6.45, 7) is 5.50. The monoisotopic (exact) mass is 431 g/mol. The number of hydrogen-bond acceptors (Lipinski definition) is 5. The van der Waals surface area contributed by atoms with Crippen LogP contribution < -0.4 is 5.32 Å². The zero-order valence-corrected chi connectivity index (χ0v) is 18.6. The van der Waals surface area contributed by atoms with Gasteiger partial charge in [-0.1, -0.05) is 12.1 Å². The van der Waals surface area contributed by atoms with E-state index in [1.54, 1.807) is 12.1 Å². The Labute approximate surface area is 184 Å². The van der Waals surface area contributed by atoms with Crippen molar-refractivity contribution < 1.29 is 14.0 Å². The van der Waals surface area contributed by atoms with E-state index in [2.05, 4.69) is 34.1 Å². The summed E-state index contributed by atoms with van der Waals surface area (Å²) in [6, 6.07) is 6.58. The highest BCUT2D eigenvalue weighted by Crippen LogP contribution is 2.28. The average Bonchev–Trinajstić information content (AvgIpc) is 3.13. The second-order valence-corrected chi connectivity index (χ2v) is 9.18. The zero-order valence-electron chi connectivity index (χ0n) is 18.6. The van der Waals surface area contributed by atoms with Crippen molar-refractivity contribution in [2.24, 2.45) is 0 Å². The van der Waals surface area contributed by atoms with E-state index in [0.29, 0.717) is 19.5 Å². The molecular formula is C23H34FN5O2. The molecule has 8 heteroatoms. The van der Waals surface area contributed by atoms with Crippen LogP contribution in [-0.4, -0.2) is 103 Å². The lowest BCUT2D eigenvalue weighted by molar-refractivity contribution is -0.133. The van der Waals surface area contributed by atoms with Crippen LogP contribution in [-0.2, 0) is 16.1 Å². The van der Waals surface area contributed by atoms with Crippen LogP contribution in [0.15, 0.2) is 24.3 Å². The Kier molecular flexibility index (Phi) is 6.89. The fourth-order valence-electron chi connectivity index (χ4n) is 5.15. The lowest BCUT2D eigenvalue weighted by Gasteiger charge is -2.35. The van der Waals surface area contributed by atoms with Crippen LogP contribution in [0.2, 0.25) is 0 Å². The van der Waals surface area contributed by atoms with Gasteiger partial charge in [0, 0.05) is 64.3 Å². The average molecular weight is 432 g/mol. The number of rotatable bonds is 5. The zero-order chi connectivity index (χ0) is 22.0. The summed E-state index contributed by atoms with van der Waals surface area (Å²) in [4.78, 5) is 34.3. The number of likely N-dealkylation sites (N-methyl/N-ethyl adjacent to an activating group) is 2. The molecule has 3 saturated heterocycles. The smallest absolute Gasteiger partial charge is 0.239 e. The molecule has 0 bridgehead atoms. The minimum Gasteiger partial charge on any atom is -0.353 e. The van der Waals surface area contributed by atoms with Gasteiger partial charge in [0.15, 0.2) is 0 Å². The molecule has 0 saturated carbocycles. The number of amides is 2. The van der Waals surface area contributed by atoms with E-state index < -0.39 is 0 Å². The lowest BCUT2D eigenvalue weighted by Crippen LogP contribution is -2.50. The molecule has 7 nitrogen and oxygen atoms in total. The second kappa shape index (κ2) is 9.63. The molecule has 2 amide bonds. The Morgan fingerprint density at radius 1 is 1.10 bits per heavy atom. The number of nitrogens with zero attached hydrogens (tertiary/aromatic N) is 4. The van der Waals surface area contributed by atoms with Crippen molar-refractivity contribution in [2.75, 3.05) is 53.4 Å². The van der Waals surface area contributed by atoms with Gasteiger partial charge in [-0.05, 0) is 44.6 Å². The topological polar surface area (TPSA) is 59.1 Å². The summed E-state index contributed by atoms with van der Waals surface area (Å²) in [7, 11) is 4.17. The predicted molar refractivity (Wildman–Crippen MR) is 117 cm³/mol. The van der Waals surface area contributed by atoms with Crippen molar-refractivity contribution in [2.45, 2.75) is 43.9 Å². The third-order valence-corrected chi connectivity index (χ3v) is 7.20. The Hall–Kier alpha value is -2.03. The maximum atomic E-state index is 13.2. The van der Waals surface area contributed by atoms with Crippen molar-refractivity contribution in [3.63, 3.8) is 0 Å². The number of piperazine rings is 1. The quantitative estimate of drug-likeness (QED) is 0.746. The number of fused-ring (bicyclic) bond motifs is 1. The van der Waals surface area contributed by atoms with Crippen LogP contribution >= 0.6 is 0 Å². The number of likely N-dealkylation sites (tertiary alicyclic amines) is 1. The summed E-state index contributed by atoms with van der Waals surface area (Å²) in [5.41, 5.74) is 1.01. The van der Waals surface area contributed by atoms with E-state index in [1.165, 1.54) is 12.1 Å². The molecule has 170 valence electrons. The number of benzene rings is 1. The van der Waals surface area contributed by atoms with Gasteiger partial charge in [0.05, 0.1) is 0 Å². The number of halogens is 1. The highest BCUT2D eigenvalue weighted by atomic mass is 19.1. The molecule has 4 rings (SSSR count). The standard InChI is InChI=1S/C23H34FN5O2/c1-26-11-13-28(14-12-26)21(30)8-7-19-15-25-23(31)22-20(27(19)2)9-10-29(22)16-17-3-5-18(24)6-4-17/h3-6,19-20,22H,7-16H2,1-2H3,(H,25,31)/t19-,20+,22-/m0/s1. The van der Waals surface area contributed by atoms with Gasteiger partial charge in [0.25, 0.3) is 0 Å². The van der Waals surface area contributed by atoms with Crippen molar-refractivity contribution in [3.8, 4) is 0 Å². The molecule has 0 aliphatic carbocycles. The molecule has 0 aromatic heterocycles. The van der Waals surface area contributed by atoms with Gasteiger partial charge in [-0.25, -0.2) is 4.39 Å². The first-order chi connectivity index (χ1) is 14.9. The maximum absolute atomic E-state index is 13.2. The third kappa shape index (κ3) is 5.07. The van der Waals surface area contributed by atoms with Gasteiger partial charge in [-0.2, -0.15) is 0 Å². The van der Waals surface area contributed by atoms with E-state index in [1.807, 2.05) is 4.90 Å². The Balaban J connectivity index is 1.35. The molecule has 1 N–H and O–H groups in total. The Bertz CT molecular complexity index is 781. The molecular weight excluding hydrogens is 397 g/mol. The summed E-state index contributed by atoms with van der Waals surface area (Å²) in [6.07, 6.45) is 2.19. The van der Waals surface area contributed by atoms with E-state index in [-0.39, 0.29) is 35.8 Å². The molecule has 0 spiro atoms. The van der Waals surface area contributed by atoms with Crippen molar-refractivity contribution in [1.29, 1.82) is 0 Å². The summed E-state index contributed by atoms with van der Waals surface area (Å²) < 4.78 is 13.2. The van der Waals surface area contributed by atoms with Crippen molar-refractivity contribution >= 4 is 11.8 Å². The number of nitrogens with one attached hydrogen (secondary N) is 1. The Morgan fingerprint density at radius 2 is 1.81 bits per heavy atom. The highest BCUT2D eigenvalue weighted by Gasteiger charge is 2.44. The number of carbonyl (C=O) groups excluding carboxylic acids is 2. The van der Waals surface area contributed by atoms with Gasteiger partial charge in [0.1, 0.15) is 11.9 Å². The van der Waals surface area contributed by atoms with E-state index in [9.17, 15) is 14.0 Å². The molecule has 3 heterocycles. The van der Waals surface area contributed by atoms with Gasteiger partial charge >= 0.3 is 0 Å². The summed E-state index contributed by atoms with van der Waals surface area (Å²) in [5.74, 6) is 0.0336. The first-order valence-corrected chi connectivity index (χ1v) is 11.4. The van der Waals surface area contributed by atoms with Crippen LogP contribution in [0.1, 0.15) is 24.8 Å². The molecule has 3 aliphatic heterocycles. The fourth-order valence-corrected chi connectivity index (χ4v) is 5.15. The maximum Gasteiger partial charge on any atom is 0.239 e. The van der Waals surface area contributed by atoms with E-state index >= 15 is 0 Å². The van der Waals surface area contributed by atoms with Crippen LogP contribution in [0.25, 0.3) is 0 Å². The van der Waals surface area contributed by atoms with Crippen molar-refractivity contribution in [3.05, 3.63) is 35.6 Å². The van der Waals surface area contributed by atoms with Gasteiger partial charge in [-0.3, -0.25) is 19.4 Å². The molecule has 1 aromatic carbocycles. The molecule has 3 atom stereocenters. The molecule has 0 radical (unpaired) electrons. The van der Waals surface area contributed by atoms with Gasteiger partial charge in [0.2, 0.25) is 11.8 Å². The largest absolute Gasteiger partial charge is 0.353 e. The van der Waals surface area contributed by atoms with Crippen LogP contribution in [0, 0.1) is 5.82 Å². The fraction of sp³-hybridized carbons (Fsp3) is 0.652. The van der Waals surface area contributed by atoms with Crippen LogP contribution in [0.5, 0.6) is 0 Å². The molecule has 3 fully saturated rings. The number of hydrogen-bond donors (Lipinski definition) is 1. The molecule has 1 aromatic rings. The normalized spacial score (nSPS) is 28.3. The van der Waals surface area contributed by atoms with Crippen LogP contribution in [0.4, 0.5) is 4.39 Å². The van der Waals surface area contributed by atoms with Crippen LogP contribution in [0.3, 0.4) is 0 Å². The minimum atomic E-state index is -0.246. The lowest BCUT2D eigenvalue weighted by atomic mass is 10.0. The molecule has 31 heavy (non-hydrogen) atoms. The first kappa shape index (κ1) is 22.2. The molecule has 0 unspecified atom stereocenters. The van der Waals surface area contributed by atoms with Crippen molar-refractivity contribution in [1.82, 2.24) is 24.9 Å².